The van der Waals surface area contributed by atoms with Gasteiger partial charge in [-0.1, -0.05) is 15.9 Å². The van der Waals surface area contributed by atoms with E-state index in [0.717, 1.165) is 5.56 Å². The lowest BCUT2D eigenvalue weighted by atomic mass is 10.2. The smallest absolute Gasteiger partial charge is 0.146 e. The van der Waals surface area contributed by atoms with Gasteiger partial charge in [0.1, 0.15) is 11.6 Å². The summed E-state index contributed by atoms with van der Waals surface area (Å²) in [6, 6.07) is 2.84. The van der Waals surface area contributed by atoms with Crippen molar-refractivity contribution >= 4 is 21.6 Å². The molecule has 0 spiro atoms. The number of alkyl halides is 1. The topological polar surface area (TPSA) is 35.2 Å². The van der Waals surface area contributed by atoms with Crippen LogP contribution in [0.3, 0.4) is 0 Å². The Kier molecular flexibility index (Phi) is 2.92. The minimum Gasteiger partial charge on any atom is -0.496 e. The zero-order chi connectivity index (χ0) is 9.14. The van der Waals surface area contributed by atoms with Gasteiger partial charge in [0.25, 0.3) is 0 Å². The van der Waals surface area contributed by atoms with Crippen LogP contribution in [-0.2, 0) is 5.33 Å². The normalized spacial score (nSPS) is 9.92. The van der Waals surface area contributed by atoms with Crippen LogP contribution in [0.4, 0.5) is 10.1 Å². The van der Waals surface area contributed by atoms with Gasteiger partial charge in [0.05, 0.1) is 12.8 Å². The number of ether oxygens (including phenoxy) is 1. The molecule has 2 nitrogen and oxygen atoms in total. The molecule has 0 amide bonds. The number of methoxy groups -OCH3 is 1. The molecule has 1 aromatic rings. The third-order valence-corrected chi connectivity index (χ3v) is 2.15. The summed E-state index contributed by atoms with van der Waals surface area (Å²) in [5.74, 6) is 0.191. The quantitative estimate of drug-likeness (QED) is 0.629. The largest absolute Gasteiger partial charge is 0.496 e. The molecule has 0 heterocycles. The fourth-order valence-electron chi connectivity index (χ4n) is 0.905. The molecular formula is C8H9BrFNO. The Hall–Kier alpha value is -0.770. The Labute approximate surface area is 78.6 Å². The van der Waals surface area contributed by atoms with Crippen LogP contribution in [-0.4, -0.2) is 7.11 Å². The highest BCUT2D eigenvalue weighted by Gasteiger charge is 2.06. The Morgan fingerprint density at radius 3 is 2.75 bits per heavy atom. The van der Waals surface area contributed by atoms with Gasteiger partial charge in [0, 0.05) is 17.0 Å². The fourth-order valence-corrected chi connectivity index (χ4v) is 1.34. The minimum absolute atomic E-state index is 0.108. The summed E-state index contributed by atoms with van der Waals surface area (Å²) in [6.45, 7) is 0. The summed E-state index contributed by atoms with van der Waals surface area (Å²) in [5, 5.41) is 0.549. The molecule has 1 rings (SSSR count). The van der Waals surface area contributed by atoms with Gasteiger partial charge < -0.3 is 10.5 Å². The number of hydrogen-bond donors (Lipinski definition) is 1. The zero-order valence-corrected chi connectivity index (χ0v) is 8.19. The van der Waals surface area contributed by atoms with Crippen molar-refractivity contribution in [1.82, 2.24) is 0 Å². The fraction of sp³-hybridized carbons (Fsp3) is 0.250. The van der Waals surface area contributed by atoms with Gasteiger partial charge in [-0.2, -0.15) is 0 Å². The number of rotatable bonds is 2. The molecule has 0 saturated heterocycles. The maximum Gasteiger partial charge on any atom is 0.146 e. The summed E-state index contributed by atoms with van der Waals surface area (Å²) < 4.78 is 17.9. The molecule has 1 aromatic carbocycles. The van der Waals surface area contributed by atoms with Crippen LogP contribution in [0.5, 0.6) is 5.75 Å². The van der Waals surface area contributed by atoms with E-state index in [-0.39, 0.29) is 5.69 Å². The van der Waals surface area contributed by atoms with Crippen molar-refractivity contribution < 1.29 is 9.13 Å². The highest BCUT2D eigenvalue weighted by Crippen LogP contribution is 2.25. The number of anilines is 1. The zero-order valence-electron chi connectivity index (χ0n) is 6.60. The second-order valence-electron chi connectivity index (χ2n) is 2.32. The average molecular weight is 234 g/mol. The van der Waals surface area contributed by atoms with Crippen LogP contribution in [0.25, 0.3) is 0 Å². The predicted molar refractivity (Wildman–Crippen MR) is 50.0 cm³/mol. The van der Waals surface area contributed by atoms with Crippen molar-refractivity contribution in [3.8, 4) is 5.75 Å². The Bertz CT molecular complexity index is 262. The first kappa shape index (κ1) is 9.32. The van der Waals surface area contributed by atoms with Crippen LogP contribution in [0.1, 0.15) is 5.56 Å². The van der Waals surface area contributed by atoms with Crippen LogP contribution in [0.15, 0.2) is 12.1 Å². The van der Waals surface area contributed by atoms with Crippen molar-refractivity contribution in [2.24, 2.45) is 0 Å². The van der Waals surface area contributed by atoms with E-state index >= 15 is 0 Å². The van der Waals surface area contributed by atoms with E-state index in [2.05, 4.69) is 15.9 Å². The number of nitrogen functional groups attached to an aromatic ring is 1. The average Bonchev–Trinajstić information content (AvgIpc) is 2.09. The molecule has 0 radical (unpaired) electrons. The second-order valence-corrected chi connectivity index (χ2v) is 2.88. The van der Waals surface area contributed by atoms with Crippen LogP contribution in [0, 0.1) is 5.82 Å². The molecule has 0 unspecified atom stereocenters. The molecule has 0 aliphatic carbocycles. The molecule has 0 saturated carbocycles. The van der Waals surface area contributed by atoms with Gasteiger partial charge in [0.2, 0.25) is 0 Å². The lowest BCUT2D eigenvalue weighted by molar-refractivity contribution is 0.410. The van der Waals surface area contributed by atoms with Gasteiger partial charge in [-0.3, -0.25) is 0 Å². The predicted octanol–water partition coefficient (Wildman–Crippen LogP) is 2.31. The number of benzene rings is 1. The van der Waals surface area contributed by atoms with Gasteiger partial charge >= 0.3 is 0 Å². The summed E-state index contributed by atoms with van der Waals surface area (Å²) in [7, 11) is 1.53. The van der Waals surface area contributed by atoms with Gasteiger partial charge in [-0.25, -0.2) is 4.39 Å². The first-order valence-electron chi connectivity index (χ1n) is 3.37. The molecule has 0 fully saturated rings. The van der Waals surface area contributed by atoms with Crippen molar-refractivity contribution in [2.45, 2.75) is 5.33 Å². The summed E-state index contributed by atoms with van der Waals surface area (Å²) >= 11 is 3.22. The molecule has 0 atom stereocenters. The standard InChI is InChI=1S/C8H9BrFNO/c1-12-8-3-7(11)6(10)2-5(8)4-9/h2-3H,4,11H2,1H3. The van der Waals surface area contributed by atoms with Crippen LogP contribution in [0.2, 0.25) is 0 Å². The van der Waals surface area contributed by atoms with Crippen molar-refractivity contribution in [1.29, 1.82) is 0 Å². The van der Waals surface area contributed by atoms with E-state index in [1.54, 1.807) is 0 Å². The molecule has 12 heavy (non-hydrogen) atoms. The molecule has 0 aromatic heterocycles. The van der Waals surface area contributed by atoms with Crippen LogP contribution < -0.4 is 10.5 Å². The summed E-state index contributed by atoms with van der Waals surface area (Å²) in [4.78, 5) is 0. The molecule has 4 heteroatoms. The highest BCUT2D eigenvalue weighted by molar-refractivity contribution is 9.08. The number of halogens is 2. The maximum absolute atomic E-state index is 12.9. The van der Waals surface area contributed by atoms with Crippen molar-refractivity contribution in [3.05, 3.63) is 23.5 Å². The van der Waals surface area contributed by atoms with E-state index in [9.17, 15) is 4.39 Å². The highest BCUT2D eigenvalue weighted by atomic mass is 79.9. The SMILES string of the molecule is COc1cc(N)c(F)cc1CBr. The lowest BCUT2D eigenvalue weighted by Crippen LogP contribution is -1.96. The summed E-state index contributed by atoms with van der Waals surface area (Å²) in [5.41, 5.74) is 6.21. The van der Waals surface area contributed by atoms with Gasteiger partial charge in [-0.05, 0) is 6.07 Å². The van der Waals surface area contributed by atoms with Gasteiger partial charge in [-0.15, -0.1) is 0 Å². The number of hydrogen-bond acceptors (Lipinski definition) is 2. The summed E-state index contributed by atoms with van der Waals surface area (Å²) in [6.07, 6.45) is 0. The molecule has 2 N–H and O–H groups in total. The van der Waals surface area contributed by atoms with E-state index in [1.165, 1.54) is 19.2 Å². The Morgan fingerprint density at radius 1 is 1.58 bits per heavy atom. The minimum atomic E-state index is -0.412. The lowest BCUT2D eigenvalue weighted by Gasteiger charge is -2.07. The Morgan fingerprint density at radius 2 is 2.25 bits per heavy atom. The molecule has 0 aliphatic heterocycles. The van der Waals surface area contributed by atoms with Crippen molar-refractivity contribution in [3.63, 3.8) is 0 Å². The maximum atomic E-state index is 12.9. The third-order valence-electron chi connectivity index (χ3n) is 1.54. The van der Waals surface area contributed by atoms with Crippen LogP contribution >= 0.6 is 15.9 Å². The van der Waals surface area contributed by atoms with E-state index < -0.39 is 5.82 Å². The van der Waals surface area contributed by atoms with E-state index in [0.29, 0.717) is 11.1 Å². The number of nitrogens with two attached hydrogens (primary N) is 1. The van der Waals surface area contributed by atoms with E-state index in [4.69, 9.17) is 10.5 Å². The molecule has 0 bridgehead atoms. The molecule has 66 valence electrons. The second kappa shape index (κ2) is 3.76. The Balaban J connectivity index is 3.19. The van der Waals surface area contributed by atoms with Gasteiger partial charge in [0.15, 0.2) is 0 Å². The third kappa shape index (κ3) is 1.69. The van der Waals surface area contributed by atoms with E-state index in [1.807, 2.05) is 0 Å². The van der Waals surface area contributed by atoms with Crippen molar-refractivity contribution in [2.75, 3.05) is 12.8 Å². The molecule has 0 aliphatic rings. The first-order valence-corrected chi connectivity index (χ1v) is 4.49. The monoisotopic (exact) mass is 233 g/mol. The first-order chi connectivity index (χ1) is 5.69. The molecular weight excluding hydrogens is 225 g/mol.